The van der Waals surface area contributed by atoms with E-state index in [-0.39, 0.29) is 17.5 Å². The van der Waals surface area contributed by atoms with Crippen LogP contribution in [0.1, 0.15) is 55.0 Å². The second-order valence-electron chi connectivity index (χ2n) is 6.68. The molecule has 1 aliphatic heterocycles. The van der Waals surface area contributed by atoms with Crippen LogP contribution in [0.3, 0.4) is 0 Å². The molecule has 0 aromatic carbocycles. The molecule has 3 heterocycles. The molecule has 1 saturated carbocycles. The third kappa shape index (κ3) is 2.98. The molecule has 9 heteroatoms. The minimum Gasteiger partial charge on any atom is -0.342 e. The second kappa shape index (κ2) is 5.88. The van der Waals surface area contributed by atoms with Gasteiger partial charge in [-0.15, -0.1) is 0 Å². The maximum Gasteiger partial charge on any atom is 0.340 e. The van der Waals surface area contributed by atoms with Gasteiger partial charge >= 0.3 is 5.69 Å². The number of likely N-dealkylation sites (tertiary alicyclic amines) is 1. The number of aromatic nitrogens is 6. The van der Waals surface area contributed by atoms with Crippen LogP contribution >= 0.6 is 0 Å². The molecule has 24 heavy (non-hydrogen) atoms. The van der Waals surface area contributed by atoms with Gasteiger partial charge in [-0.25, -0.2) is 14.9 Å². The van der Waals surface area contributed by atoms with Gasteiger partial charge < -0.3 is 4.90 Å². The van der Waals surface area contributed by atoms with Crippen molar-refractivity contribution in [3.8, 4) is 0 Å². The molecule has 0 spiro atoms. The number of piperidine rings is 1. The first-order chi connectivity index (χ1) is 11.6. The molecule has 1 amide bonds. The lowest BCUT2D eigenvalue weighted by Gasteiger charge is -2.30. The van der Waals surface area contributed by atoms with Crippen molar-refractivity contribution in [2.75, 3.05) is 13.1 Å². The van der Waals surface area contributed by atoms with Gasteiger partial charge in [0.2, 0.25) is 5.91 Å². The van der Waals surface area contributed by atoms with E-state index in [1.165, 1.54) is 0 Å². The Morgan fingerprint density at radius 1 is 1.21 bits per heavy atom. The Hall–Kier alpha value is -2.45. The highest BCUT2D eigenvalue weighted by Gasteiger charge is 2.30. The normalized spacial score (nSPS) is 19.0. The standard InChI is InChI=1S/C15H21N7O2/c1-21-11(16-14(20-21)9-2-3-9)8-12(23)22-6-4-10(5-7-22)13-17-15(24)19-18-13/h9-10H,2-8H2,1H3,(H2,17,18,19,24). The summed E-state index contributed by atoms with van der Waals surface area (Å²) < 4.78 is 1.73. The quantitative estimate of drug-likeness (QED) is 0.822. The number of nitrogens with one attached hydrogen (secondary N) is 2. The van der Waals surface area contributed by atoms with Crippen molar-refractivity contribution >= 4 is 5.91 Å². The molecule has 2 aliphatic rings. The lowest BCUT2D eigenvalue weighted by molar-refractivity contribution is -0.131. The molecule has 2 aromatic rings. The maximum atomic E-state index is 12.5. The van der Waals surface area contributed by atoms with Crippen molar-refractivity contribution < 1.29 is 4.79 Å². The zero-order valence-electron chi connectivity index (χ0n) is 13.7. The monoisotopic (exact) mass is 331 g/mol. The van der Waals surface area contributed by atoms with Gasteiger partial charge in [-0.1, -0.05) is 0 Å². The predicted octanol–water partition coefficient (Wildman–Crippen LogP) is 0.0526. The molecule has 0 unspecified atom stereocenters. The second-order valence-corrected chi connectivity index (χ2v) is 6.68. The van der Waals surface area contributed by atoms with Gasteiger partial charge in [0.25, 0.3) is 0 Å². The average molecular weight is 331 g/mol. The van der Waals surface area contributed by atoms with Crippen LogP contribution in [0.2, 0.25) is 0 Å². The average Bonchev–Trinajstić information content (AvgIpc) is 3.25. The fraction of sp³-hybridized carbons (Fsp3) is 0.667. The number of aromatic amines is 2. The van der Waals surface area contributed by atoms with Gasteiger partial charge in [0.1, 0.15) is 11.6 Å². The van der Waals surface area contributed by atoms with Crippen molar-refractivity contribution in [1.29, 1.82) is 0 Å². The SMILES string of the molecule is Cn1nc(C2CC2)nc1CC(=O)N1CCC(c2n[nH]c(=O)[nH]2)CC1. The van der Waals surface area contributed by atoms with E-state index in [4.69, 9.17) is 0 Å². The first-order valence-corrected chi connectivity index (χ1v) is 8.42. The van der Waals surface area contributed by atoms with Crippen LogP contribution in [-0.4, -0.2) is 53.8 Å². The third-order valence-electron chi connectivity index (χ3n) is 4.88. The summed E-state index contributed by atoms with van der Waals surface area (Å²) in [6.07, 6.45) is 4.21. The molecule has 9 nitrogen and oxygen atoms in total. The number of amides is 1. The van der Waals surface area contributed by atoms with Gasteiger partial charge in [-0.05, 0) is 25.7 Å². The van der Waals surface area contributed by atoms with Gasteiger partial charge in [0.15, 0.2) is 5.82 Å². The number of H-pyrrole nitrogens is 2. The number of hydrogen-bond acceptors (Lipinski definition) is 5. The summed E-state index contributed by atoms with van der Waals surface area (Å²) in [5.41, 5.74) is -0.280. The molecular formula is C15H21N7O2. The Morgan fingerprint density at radius 2 is 1.96 bits per heavy atom. The fourth-order valence-electron chi connectivity index (χ4n) is 3.23. The number of hydrogen-bond donors (Lipinski definition) is 2. The highest BCUT2D eigenvalue weighted by molar-refractivity contribution is 5.78. The summed E-state index contributed by atoms with van der Waals surface area (Å²) in [5.74, 6) is 3.08. The van der Waals surface area contributed by atoms with Crippen molar-refractivity contribution in [2.45, 2.75) is 43.9 Å². The zero-order chi connectivity index (χ0) is 16.7. The molecule has 1 saturated heterocycles. The van der Waals surface area contributed by atoms with E-state index < -0.39 is 0 Å². The van der Waals surface area contributed by atoms with Gasteiger partial charge in [-0.3, -0.25) is 14.5 Å². The van der Waals surface area contributed by atoms with Crippen LogP contribution < -0.4 is 5.69 Å². The maximum absolute atomic E-state index is 12.5. The Morgan fingerprint density at radius 3 is 2.58 bits per heavy atom. The Balaban J connectivity index is 1.35. The number of nitrogens with zero attached hydrogens (tertiary/aromatic N) is 5. The predicted molar refractivity (Wildman–Crippen MR) is 84.4 cm³/mol. The van der Waals surface area contributed by atoms with E-state index in [0.717, 1.165) is 37.3 Å². The van der Waals surface area contributed by atoms with E-state index in [1.807, 2.05) is 11.9 Å². The van der Waals surface area contributed by atoms with Crippen molar-refractivity contribution in [1.82, 2.24) is 34.8 Å². The largest absolute Gasteiger partial charge is 0.342 e. The fourth-order valence-corrected chi connectivity index (χ4v) is 3.23. The summed E-state index contributed by atoms with van der Waals surface area (Å²) in [6.45, 7) is 1.34. The van der Waals surface area contributed by atoms with Crippen molar-refractivity contribution in [3.63, 3.8) is 0 Å². The van der Waals surface area contributed by atoms with Gasteiger partial charge in [0, 0.05) is 32.0 Å². The summed E-state index contributed by atoms with van der Waals surface area (Å²) in [5, 5.41) is 10.8. The van der Waals surface area contributed by atoms with Crippen LogP contribution in [0.5, 0.6) is 0 Å². The minimum absolute atomic E-state index is 0.0850. The van der Waals surface area contributed by atoms with E-state index in [2.05, 4.69) is 25.3 Å². The third-order valence-corrected chi connectivity index (χ3v) is 4.88. The van der Waals surface area contributed by atoms with Crippen LogP contribution in [0, 0.1) is 0 Å². The van der Waals surface area contributed by atoms with E-state index >= 15 is 0 Å². The van der Waals surface area contributed by atoms with Crippen molar-refractivity contribution in [2.24, 2.45) is 7.05 Å². The number of aryl methyl sites for hydroxylation is 1. The number of rotatable bonds is 4. The lowest BCUT2D eigenvalue weighted by atomic mass is 9.96. The lowest BCUT2D eigenvalue weighted by Crippen LogP contribution is -2.39. The Bertz CT molecular complexity index is 793. The van der Waals surface area contributed by atoms with Crippen LogP contribution in [0.25, 0.3) is 0 Å². The van der Waals surface area contributed by atoms with Gasteiger partial charge in [0.05, 0.1) is 6.42 Å². The van der Waals surface area contributed by atoms with Gasteiger partial charge in [-0.2, -0.15) is 10.2 Å². The highest BCUT2D eigenvalue weighted by Crippen LogP contribution is 2.38. The number of carbonyl (C=O) groups excluding carboxylic acids is 1. The van der Waals surface area contributed by atoms with Crippen LogP contribution in [0.4, 0.5) is 0 Å². The highest BCUT2D eigenvalue weighted by atomic mass is 16.2. The molecule has 2 aromatic heterocycles. The molecule has 2 N–H and O–H groups in total. The molecular weight excluding hydrogens is 310 g/mol. The summed E-state index contributed by atoms with van der Waals surface area (Å²) in [4.78, 5) is 32.8. The molecule has 0 bridgehead atoms. The molecule has 2 fully saturated rings. The minimum atomic E-state index is -0.280. The van der Waals surface area contributed by atoms with Crippen LogP contribution in [-0.2, 0) is 18.3 Å². The molecule has 0 radical (unpaired) electrons. The molecule has 4 rings (SSSR count). The first kappa shape index (κ1) is 15.1. The summed E-state index contributed by atoms with van der Waals surface area (Å²) >= 11 is 0. The molecule has 128 valence electrons. The summed E-state index contributed by atoms with van der Waals surface area (Å²) in [7, 11) is 1.85. The van der Waals surface area contributed by atoms with Crippen molar-refractivity contribution in [3.05, 3.63) is 28.0 Å². The zero-order valence-corrected chi connectivity index (χ0v) is 13.7. The Kier molecular flexibility index (Phi) is 3.70. The van der Waals surface area contributed by atoms with E-state index in [0.29, 0.717) is 31.3 Å². The van der Waals surface area contributed by atoms with Crippen LogP contribution in [0.15, 0.2) is 4.79 Å². The van der Waals surface area contributed by atoms with E-state index in [9.17, 15) is 9.59 Å². The molecule has 0 atom stereocenters. The Labute approximate surface area is 138 Å². The number of carbonyl (C=O) groups is 1. The molecule has 1 aliphatic carbocycles. The van der Waals surface area contributed by atoms with E-state index in [1.54, 1.807) is 4.68 Å². The topological polar surface area (TPSA) is 113 Å². The summed E-state index contributed by atoms with van der Waals surface area (Å²) in [6, 6.07) is 0. The smallest absolute Gasteiger partial charge is 0.340 e. The first-order valence-electron chi connectivity index (χ1n) is 8.42.